The van der Waals surface area contributed by atoms with E-state index in [1.165, 1.54) is 0 Å². The van der Waals surface area contributed by atoms with E-state index in [1.807, 2.05) is 13.8 Å². The molecule has 1 fully saturated rings. The fraction of sp³-hybridized carbons (Fsp3) is 0.480. The molecule has 2 aliphatic carbocycles. The van der Waals surface area contributed by atoms with Crippen molar-refractivity contribution in [1.29, 1.82) is 5.26 Å². The summed E-state index contributed by atoms with van der Waals surface area (Å²) in [5, 5.41) is 21.9. The highest BCUT2D eigenvalue weighted by Crippen LogP contribution is 2.44. The highest BCUT2D eigenvalue weighted by molar-refractivity contribution is 5.97. The fourth-order valence-electron chi connectivity index (χ4n) is 4.17. The molecule has 4 rings (SSSR count). The number of fused-ring (bicyclic) bond motifs is 1. The van der Waals surface area contributed by atoms with Crippen molar-refractivity contribution in [3.8, 4) is 6.07 Å². The van der Waals surface area contributed by atoms with E-state index in [4.69, 9.17) is 4.52 Å². The van der Waals surface area contributed by atoms with Crippen LogP contribution in [0.1, 0.15) is 76.8 Å². The van der Waals surface area contributed by atoms with Gasteiger partial charge in [0.2, 0.25) is 5.91 Å². The van der Waals surface area contributed by atoms with E-state index in [2.05, 4.69) is 27.2 Å². The molecule has 2 aromatic rings. The molecule has 1 aromatic heterocycles. The van der Waals surface area contributed by atoms with Crippen LogP contribution in [0.25, 0.3) is 0 Å². The fourth-order valence-corrected chi connectivity index (χ4v) is 4.17. The van der Waals surface area contributed by atoms with Crippen molar-refractivity contribution in [3.63, 3.8) is 0 Å². The quantitative estimate of drug-likeness (QED) is 0.550. The topological polar surface area (TPSA) is 137 Å². The smallest absolute Gasteiger partial charge is 0.273 e. The van der Waals surface area contributed by atoms with Gasteiger partial charge in [-0.1, -0.05) is 12.1 Å². The second kappa shape index (κ2) is 9.67. The first-order valence-corrected chi connectivity index (χ1v) is 11.7. The predicted molar refractivity (Wildman–Crippen MR) is 124 cm³/mol. The molecular formula is C25H29N5O4. The Kier molecular flexibility index (Phi) is 6.68. The number of carbonyl (C=O) groups excluding carboxylic acids is 3. The molecule has 0 radical (unpaired) electrons. The number of aromatic nitrogens is 1. The van der Waals surface area contributed by atoms with Gasteiger partial charge >= 0.3 is 0 Å². The maximum absolute atomic E-state index is 12.9. The molecule has 1 heterocycles. The van der Waals surface area contributed by atoms with Crippen molar-refractivity contribution in [3.05, 3.63) is 46.3 Å². The molecule has 1 aromatic carbocycles. The summed E-state index contributed by atoms with van der Waals surface area (Å²) in [6, 6.07) is 7.29. The number of rotatable bonds is 8. The number of nitrogens with zero attached hydrogens (tertiary/aromatic N) is 2. The van der Waals surface area contributed by atoms with E-state index in [9.17, 15) is 19.6 Å². The molecule has 0 bridgehead atoms. The SMILES string of the molecule is CCCC(=O)Nc1ccc(C(=O)NC2CCc3onc(C(=O)NCC4(C#N)CC4)c3C2)cc1C. The number of carbonyl (C=O) groups is 3. The molecule has 2 aliphatic rings. The summed E-state index contributed by atoms with van der Waals surface area (Å²) in [7, 11) is 0. The summed E-state index contributed by atoms with van der Waals surface area (Å²) >= 11 is 0. The van der Waals surface area contributed by atoms with Crippen LogP contribution in [-0.4, -0.2) is 35.5 Å². The summed E-state index contributed by atoms with van der Waals surface area (Å²) in [6.45, 7) is 4.10. The van der Waals surface area contributed by atoms with E-state index in [-0.39, 0.29) is 29.5 Å². The van der Waals surface area contributed by atoms with Gasteiger partial charge in [-0.15, -0.1) is 0 Å². The van der Waals surface area contributed by atoms with E-state index >= 15 is 0 Å². The van der Waals surface area contributed by atoms with Gasteiger partial charge in [0, 0.05) is 42.2 Å². The molecule has 1 saturated carbocycles. The van der Waals surface area contributed by atoms with Gasteiger partial charge in [-0.2, -0.15) is 5.26 Å². The molecule has 0 saturated heterocycles. The Labute approximate surface area is 198 Å². The van der Waals surface area contributed by atoms with Gasteiger partial charge in [0.15, 0.2) is 5.69 Å². The van der Waals surface area contributed by atoms with Gasteiger partial charge in [0.05, 0.1) is 11.5 Å². The average molecular weight is 464 g/mol. The number of hydrogen-bond donors (Lipinski definition) is 3. The highest BCUT2D eigenvalue weighted by Gasteiger charge is 2.43. The summed E-state index contributed by atoms with van der Waals surface area (Å²) < 4.78 is 5.37. The molecule has 34 heavy (non-hydrogen) atoms. The van der Waals surface area contributed by atoms with Gasteiger partial charge < -0.3 is 20.5 Å². The van der Waals surface area contributed by atoms with E-state index in [1.54, 1.807) is 18.2 Å². The third-order valence-corrected chi connectivity index (χ3v) is 6.51. The second-order valence-corrected chi connectivity index (χ2v) is 9.25. The standard InChI is InChI=1S/C25H29N5O4/c1-3-4-21(31)29-19-7-5-16(11-15(19)2)23(32)28-17-6-8-20-18(12-17)22(30-34-20)24(33)27-14-25(13-26)9-10-25/h5,7,11,17H,3-4,6,8-10,12,14H2,1-2H3,(H,27,33)(H,28,32)(H,29,31). The maximum Gasteiger partial charge on any atom is 0.273 e. The lowest BCUT2D eigenvalue weighted by atomic mass is 9.91. The average Bonchev–Trinajstić information content (AvgIpc) is 3.49. The van der Waals surface area contributed by atoms with Crippen molar-refractivity contribution >= 4 is 23.4 Å². The predicted octanol–water partition coefficient (Wildman–Crippen LogP) is 3.04. The minimum atomic E-state index is -0.442. The van der Waals surface area contributed by atoms with Crippen molar-refractivity contribution < 1.29 is 18.9 Å². The van der Waals surface area contributed by atoms with Crippen LogP contribution in [0.3, 0.4) is 0 Å². The number of anilines is 1. The lowest BCUT2D eigenvalue weighted by Gasteiger charge is -2.23. The molecule has 0 aliphatic heterocycles. The van der Waals surface area contributed by atoms with Crippen molar-refractivity contribution in [1.82, 2.24) is 15.8 Å². The first-order valence-electron chi connectivity index (χ1n) is 11.7. The number of nitriles is 1. The van der Waals surface area contributed by atoms with Crippen LogP contribution in [0.2, 0.25) is 0 Å². The Balaban J connectivity index is 1.37. The van der Waals surface area contributed by atoms with Crippen LogP contribution < -0.4 is 16.0 Å². The number of nitrogens with one attached hydrogen (secondary N) is 3. The number of benzene rings is 1. The Hall–Kier alpha value is -3.67. The Morgan fingerprint density at radius 3 is 2.74 bits per heavy atom. The molecule has 178 valence electrons. The number of aryl methyl sites for hydroxylation is 2. The molecule has 1 unspecified atom stereocenters. The number of amides is 3. The summed E-state index contributed by atoms with van der Waals surface area (Å²) in [5.41, 5.74) is 2.51. The van der Waals surface area contributed by atoms with Crippen LogP contribution in [0.15, 0.2) is 22.7 Å². The lowest BCUT2D eigenvalue weighted by molar-refractivity contribution is -0.116. The summed E-state index contributed by atoms with van der Waals surface area (Å²) in [6.07, 6.45) is 4.50. The van der Waals surface area contributed by atoms with Gasteiger partial charge in [0.1, 0.15) is 5.76 Å². The molecular weight excluding hydrogens is 434 g/mol. The third-order valence-electron chi connectivity index (χ3n) is 6.51. The first kappa shape index (κ1) is 23.5. The van der Waals surface area contributed by atoms with Crippen LogP contribution in [-0.2, 0) is 17.6 Å². The summed E-state index contributed by atoms with van der Waals surface area (Å²) in [4.78, 5) is 37.4. The minimum absolute atomic E-state index is 0.0469. The van der Waals surface area contributed by atoms with Crippen LogP contribution in [0.5, 0.6) is 0 Å². The monoisotopic (exact) mass is 463 g/mol. The van der Waals surface area contributed by atoms with Gasteiger partial charge in [-0.05, 0) is 62.8 Å². The van der Waals surface area contributed by atoms with Crippen LogP contribution in [0, 0.1) is 23.7 Å². The van der Waals surface area contributed by atoms with Gasteiger partial charge in [0.25, 0.3) is 11.8 Å². The Morgan fingerprint density at radius 1 is 1.26 bits per heavy atom. The van der Waals surface area contributed by atoms with E-state index < -0.39 is 5.41 Å². The molecule has 3 amide bonds. The second-order valence-electron chi connectivity index (χ2n) is 9.25. The van der Waals surface area contributed by atoms with Crippen molar-refractivity contribution in [2.45, 2.75) is 64.8 Å². The molecule has 0 spiro atoms. The lowest BCUT2D eigenvalue weighted by Crippen LogP contribution is -2.39. The maximum atomic E-state index is 12.9. The Bertz CT molecular complexity index is 1160. The zero-order valence-electron chi connectivity index (χ0n) is 19.5. The van der Waals surface area contributed by atoms with Crippen LogP contribution in [0.4, 0.5) is 5.69 Å². The van der Waals surface area contributed by atoms with E-state index in [0.717, 1.165) is 24.8 Å². The first-order chi connectivity index (χ1) is 16.3. The molecule has 9 nitrogen and oxygen atoms in total. The molecule has 1 atom stereocenters. The van der Waals surface area contributed by atoms with Crippen molar-refractivity contribution in [2.75, 3.05) is 11.9 Å². The number of hydrogen-bond acceptors (Lipinski definition) is 6. The Morgan fingerprint density at radius 2 is 2.06 bits per heavy atom. The minimum Gasteiger partial charge on any atom is -0.360 e. The largest absolute Gasteiger partial charge is 0.360 e. The van der Waals surface area contributed by atoms with E-state index in [0.29, 0.717) is 54.8 Å². The third kappa shape index (κ3) is 5.11. The van der Waals surface area contributed by atoms with Gasteiger partial charge in [-0.3, -0.25) is 14.4 Å². The molecule has 9 heteroatoms. The normalized spacial score (nSPS) is 17.7. The van der Waals surface area contributed by atoms with Crippen LogP contribution >= 0.6 is 0 Å². The summed E-state index contributed by atoms with van der Waals surface area (Å²) in [5.74, 6) is 0.0550. The highest BCUT2D eigenvalue weighted by atomic mass is 16.5. The van der Waals surface area contributed by atoms with Gasteiger partial charge in [-0.25, -0.2) is 0 Å². The van der Waals surface area contributed by atoms with Crippen molar-refractivity contribution in [2.24, 2.45) is 5.41 Å². The molecule has 3 N–H and O–H groups in total. The zero-order chi connectivity index (χ0) is 24.3. The zero-order valence-corrected chi connectivity index (χ0v) is 19.5.